The lowest BCUT2D eigenvalue weighted by Crippen LogP contribution is -2.46. The van der Waals surface area contributed by atoms with E-state index >= 15 is 0 Å². The van der Waals surface area contributed by atoms with Crippen LogP contribution in [0.5, 0.6) is 11.5 Å². The Hall–Kier alpha value is -1.80. The number of rotatable bonds is 7. The second kappa shape index (κ2) is 8.73. The Morgan fingerprint density at radius 1 is 1.22 bits per heavy atom. The molecule has 1 aromatic rings. The van der Waals surface area contributed by atoms with Gasteiger partial charge in [0.15, 0.2) is 11.5 Å². The van der Waals surface area contributed by atoms with Gasteiger partial charge in [-0.1, -0.05) is 13.8 Å². The standard InChI is InChI=1S/C15H22BrN3O4/c1-8(2)14(17)15(21)18-7-13(20)19-10-6-12(23-4)11(22-3)5-9(10)16/h5-6,8,14H,7,17H2,1-4H3,(H,18,21)(H,19,20)/t14-/m0/s1. The summed E-state index contributed by atoms with van der Waals surface area (Å²) in [4.78, 5) is 23.7. The number of anilines is 1. The van der Waals surface area contributed by atoms with Crippen molar-refractivity contribution in [1.82, 2.24) is 5.32 Å². The molecule has 0 fully saturated rings. The van der Waals surface area contributed by atoms with E-state index in [0.717, 1.165) is 0 Å². The first-order chi connectivity index (χ1) is 10.8. The molecular formula is C15H22BrN3O4. The third-order valence-corrected chi connectivity index (χ3v) is 3.85. The van der Waals surface area contributed by atoms with Crippen LogP contribution in [0.1, 0.15) is 13.8 Å². The molecule has 1 atom stereocenters. The Labute approximate surface area is 144 Å². The van der Waals surface area contributed by atoms with Crippen LogP contribution < -0.4 is 25.8 Å². The zero-order valence-corrected chi connectivity index (χ0v) is 15.2. The molecule has 0 unspecified atom stereocenters. The second-order valence-corrected chi connectivity index (χ2v) is 6.08. The van der Waals surface area contributed by atoms with Crippen LogP contribution in [0, 0.1) is 5.92 Å². The molecule has 1 aromatic carbocycles. The summed E-state index contributed by atoms with van der Waals surface area (Å²) in [6, 6.07) is 2.67. The van der Waals surface area contributed by atoms with E-state index in [9.17, 15) is 9.59 Å². The number of carbonyl (C=O) groups is 2. The number of nitrogens with two attached hydrogens (primary N) is 1. The first-order valence-corrected chi connectivity index (χ1v) is 7.84. The van der Waals surface area contributed by atoms with E-state index in [1.54, 1.807) is 12.1 Å². The van der Waals surface area contributed by atoms with Gasteiger partial charge in [0.05, 0.1) is 32.5 Å². The zero-order valence-electron chi connectivity index (χ0n) is 13.6. The van der Waals surface area contributed by atoms with E-state index in [1.807, 2.05) is 13.8 Å². The quantitative estimate of drug-likeness (QED) is 0.657. The van der Waals surface area contributed by atoms with Crippen molar-refractivity contribution in [2.24, 2.45) is 11.7 Å². The maximum atomic E-state index is 12.0. The van der Waals surface area contributed by atoms with Crippen molar-refractivity contribution in [1.29, 1.82) is 0 Å². The van der Waals surface area contributed by atoms with Crippen LogP contribution in [0.15, 0.2) is 16.6 Å². The third-order valence-electron chi connectivity index (χ3n) is 3.19. The van der Waals surface area contributed by atoms with Crippen LogP contribution in [0.25, 0.3) is 0 Å². The molecule has 0 bridgehead atoms. The number of benzene rings is 1. The lowest BCUT2D eigenvalue weighted by atomic mass is 10.1. The molecule has 7 nitrogen and oxygen atoms in total. The van der Waals surface area contributed by atoms with E-state index in [2.05, 4.69) is 26.6 Å². The summed E-state index contributed by atoms with van der Waals surface area (Å²) in [6.45, 7) is 3.51. The Kier molecular flexibility index (Phi) is 7.31. The lowest BCUT2D eigenvalue weighted by molar-refractivity contribution is -0.125. The molecule has 0 saturated carbocycles. The second-order valence-electron chi connectivity index (χ2n) is 5.22. The smallest absolute Gasteiger partial charge is 0.243 e. The van der Waals surface area contributed by atoms with Crippen molar-refractivity contribution in [2.75, 3.05) is 26.1 Å². The summed E-state index contributed by atoms with van der Waals surface area (Å²) in [5.41, 5.74) is 6.22. The molecule has 0 spiro atoms. The third kappa shape index (κ3) is 5.40. The summed E-state index contributed by atoms with van der Waals surface area (Å²) in [5, 5.41) is 5.19. The van der Waals surface area contributed by atoms with E-state index in [1.165, 1.54) is 14.2 Å². The van der Waals surface area contributed by atoms with Crippen LogP contribution in [0.2, 0.25) is 0 Å². The molecule has 0 radical (unpaired) electrons. The first kappa shape index (κ1) is 19.2. The van der Waals surface area contributed by atoms with Gasteiger partial charge in [-0.3, -0.25) is 9.59 Å². The molecule has 0 saturated heterocycles. The van der Waals surface area contributed by atoms with Gasteiger partial charge in [0, 0.05) is 16.6 Å². The molecule has 8 heteroatoms. The minimum absolute atomic E-state index is 0.00180. The maximum Gasteiger partial charge on any atom is 0.243 e. The van der Waals surface area contributed by atoms with Crippen LogP contribution in [0.4, 0.5) is 5.69 Å². The molecule has 128 valence electrons. The Bertz CT molecular complexity index is 578. The minimum atomic E-state index is -0.643. The van der Waals surface area contributed by atoms with E-state index in [4.69, 9.17) is 15.2 Å². The number of nitrogens with one attached hydrogen (secondary N) is 2. The van der Waals surface area contributed by atoms with Gasteiger partial charge in [0.1, 0.15) is 0 Å². The fourth-order valence-electron chi connectivity index (χ4n) is 1.73. The van der Waals surface area contributed by atoms with Crippen LogP contribution in [-0.2, 0) is 9.59 Å². The van der Waals surface area contributed by atoms with Gasteiger partial charge in [-0.25, -0.2) is 0 Å². The zero-order chi connectivity index (χ0) is 17.6. The summed E-state index contributed by atoms with van der Waals surface area (Å²) in [7, 11) is 3.03. The number of hydrogen-bond acceptors (Lipinski definition) is 5. The van der Waals surface area contributed by atoms with Gasteiger partial charge in [-0.2, -0.15) is 0 Å². The molecule has 4 N–H and O–H groups in total. The number of halogens is 1. The van der Waals surface area contributed by atoms with Crippen molar-refractivity contribution in [3.05, 3.63) is 16.6 Å². The number of amides is 2. The SMILES string of the molecule is COc1cc(Br)c(NC(=O)CNC(=O)[C@@H](N)C(C)C)cc1OC. The van der Waals surface area contributed by atoms with Gasteiger partial charge >= 0.3 is 0 Å². The lowest BCUT2D eigenvalue weighted by Gasteiger charge is -2.16. The minimum Gasteiger partial charge on any atom is -0.493 e. The Morgan fingerprint density at radius 3 is 2.30 bits per heavy atom. The van der Waals surface area contributed by atoms with Crippen molar-refractivity contribution >= 4 is 33.4 Å². The first-order valence-electron chi connectivity index (χ1n) is 7.04. The normalized spacial score (nSPS) is 11.8. The van der Waals surface area contributed by atoms with Gasteiger partial charge in [0.2, 0.25) is 11.8 Å². The van der Waals surface area contributed by atoms with Gasteiger partial charge in [-0.05, 0) is 21.8 Å². The van der Waals surface area contributed by atoms with Gasteiger partial charge < -0.3 is 25.8 Å². The maximum absolute atomic E-state index is 12.0. The highest BCUT2D eigenvalue weighted by Crippen LogP contribution is 2.36. The van der Waals surface area contributed by atoms with Crippen molar-refractivity contribution < 1.29 is 19.1 Å². The van der Waals surface area contributed by atoms with Gasteiger partial charge in [0.25, 0.3) is 0 Å². The van der Waals surface area contributed by atoms with Crippen LogP contribution in [0.3, 0.4) is 0 Å². The summed E-state index contributed by atoms with van der Waals surface area (Å²) < 4.78 is 11.0. The van der Waals surface area contributed by atoms with Crippen molar-refractivity contribution in [2.45, 2.75) is 19.9 Å². The largest absolute Gasteiger partial charge is 0.493 e. The van der Waals surface area contributed by atoms with E-state index < -0.39 is 6.04 Å². The average molecular weight is 388 g/mol. The summed E-state index contributed by atoms with van der Waals surface area (Å²) >= 11 is 3.34. The van der Waals surface area contributed by atoms with Crippen molar-refractivity contribution in [3.63, 3.8) is 0 Å². The fourth-order valence-corrected chi connectivity index (χ4v) is 2.15. The molecule has 2 amide bonds. The molecule has 1 rings (SSSR count). The molecule has 0 aliphatic heterocycles. The van der Waals surface area contributed by atoms with E-state index in [-0.39, 0.29) is 24.3 Å². The Balaban J connectivity index is 2.69. The highest BCUT2D eigenvalue weighted by molar-refractivity contribution is 9.10. The molecular weight excluding hydrogens is 366 g/mol. The molecule has 0 aliphatic rings. The topological polar surface area (TPSA) is 103 Å². The van der Waals surface area contributed by atoms with Crippen LogP contribution >= 0.6 is 15.9 Å². The molecule has 0 heterocycles. The summed E-state index contributed by atoms with van der Waals surface area (Å²) in [6.07, 6.45) is 0. The fraction of sp³-hybridized carbons (Fsp3) is 0.467. The summed E-state index contributed by atoms with van der Waals surface area (Å²) in [5.74, 6) is 0.284. The van der Waals surface area contributed by atoms with E-state index in [0.29, 0.717) is 21.7 Å². The molecule has 23 heavy (non-hydrogen) atoms. The van der Waals surface area contributed by atoms with Crippen molar-refractivity contribution in [3.8, 4) is 11.5 Å². The predicted octanol–water partition coefficient (Wildman–Crippen LogP) is 1.50. The number of methoxy groups -OCH3 is 2. The average Bonchev–Trinajstić information content (AvgIpc) is 2.53. The number of carbonyl (C=O) groups excluding carboxylic acids is 2. The highest BCUT2D eigenvalue weighted by Gasteiger charge is 2.18. The predicted molar refractivity (Wildman–Crippen MR) is 91.7 cm³/mol. The number of hydrogen-bond donors (Lipinski definition) is 3. The molecule has 0 aromatic heterocycles. The van der Waals surface area contributed by atoms with Crippen LogP contribution in [-0.4, -0.2) is 38.6 Å². The number of ether oxygens (including phenoxy) is 2. The monoisotopic (exact) mass is 387 g/mol. The van der Waals surface area contributed by atoms with Gasteiger partial charge in [-0.15, -0.1) is 0 Å². The highest BCUT2D eigenvalue weighted by atomic mass is 79.9. The molecule has 0 aliphatic carbocycles. The Morgan fingerprint density at radius 2 is 1.78 bits per heavy atom.